The minimum absolute atomic E-state index is 0. The Bertz CT molecular complexity index is 150. The van der Waals surface area contributed by atoms with Crippen LogP contribution in [0, 0.1) is 0 Å². The Morgan fingerprint density at radius 2 is 1.14 bits per heavy atom. The van der Waals surface area contributed by atoms with Gasteiger partial charge in [-0.1, -0.05) is 13.1 Å². The summed E-state index contributed by atoms with van der Waals surface area (Å²) in [6.07, 6.45) is 0. The van der Waals surface area contributed by atoms with Gasteiger partial charge in [-0.2, -0.15) is 0 Å². The fourth-order valence-corrected chi connectivity index (χ4v) is 0.529. The molecule has 0 aliphatic rings. The second-order valence-corrected chi connectivity index (χ2v) is 2.05. The van der Waals surface area contributed by atoms with Gasteiger partial charge in [0.2, 0.25) is 0 Å². The Hall–Kier alpha value is 0.237. The van der Waals surface area contributed by atoms with E-state index in [1.807, 2.05) is 0 Å². The standard InChI is InChI=1S/C6H12N4O2.2W/c7-3-5(11)9-1-2-10-6(12)4-8;;/h7-8H,1-4H2,(H,9,11)(H,10,12);;/q-2;;. The zero-order valence-corrected chi connectivity index (χ0v) is 13.3. The molecule has 0 aliphatic carbocycles. The van der Waals surface area contributed by atoms with E-state index in [2.05, 4.69) is 10.6 Å². The second kappa shape index (κ2) is 13.2. The molecule has 0 unspecified atom stereocenters. The summed E-state index contributed by atoms with van der Waals surface area (Å²) in [7, 11) is 0. The summed E-state index contributed by atoms with van der Waals surface area (Å²) in [4.78, 5) is 21.0. The number of rotatable bonds is 5. The summed E-state index contributed by atoms with van der Waals surface area (Å²) in [6, 6.07) is 0. The number of hydrogen-bond donors (Lipinski definition) is 2. The Balaban J connectivity index is -0.000000605. The van der Waals surface area contributed by atoms with Gasteiger partial charge in [0.25, 0.3) is 0 Å². The van der Waals surface area contributed by atoms with Crippen molar-refractivity contribution in [2.75, 3.05) is 26.2 Å². The zero-order valence-electron chi connectivity index (χ0n) is 7.46. The number of carbonyl (C=O) groups is 2. The second-order valence-electron chi connectivity index (χ2n) is 2.05. The topological polar surface area (TPSA) is 106 Å². The molecule has 0 fully saturated rings. The van der Waals surface area contributed by atoms with Crippen LogP contribution in [0.5, 0.6) is 0 Å². The maximum Gasteiger partial charge on any atom is 0.199 e. The summed E-state index contributed by atoms with van der Waals surface area (Å²) >= 11 is 0. The average molecular weight is 540 g/mol. The van der Waals surface area contributed by atoms with Gasteiger partial charge in [0.05, 0.1) is 0 Å². The number of hydrogen-bond acceptors (Lipinski definition) is 2. The Morgan fingerprint density at radius 1 is 0.857 bits per heavy atom. The van der Waals surface area contributed by atoms with Gasteiger partial charge in [-0.05, 0) is 0 Å². The number of nitrogens with one attached hydrogen (secondary N) is 4. The smallest absolute Gasteiger partial charge is 0.199 e. The van der Waals surface area contributed by atoms with Crippen LogP contribution in [0.1, 0.15) is 0 Å². The van der Waals surface area contributed by atoms with E-state index in [-0.39, 0.29) is 67.0 Å². The molecular weight excluding hydrogens is 528 g/mol. The van der Waals surface area contributed by atoms with Crippen LogP contribution in [0.25, 0.3) is 11.5 Å². The van der Waals surface area contributed by atoms with E-state index >= 15 is 0 Å². The molecule has 0 bridgehead atoms. The van der Waals surface area contributed by atoms with E-state index in [1.54, 1.807) is 0 Å². The summed E-state index contributed by atoms with van der Waals surface area (Å²) in [5.41, 5.74) is 13.3. The number of carbonyl (C=O) groups excluding carboxylic acids is 2. The molecule has 14 heavy (non-hydrogen) atoms. The molecule has 0 heterocycles. The van der Waals surface area contributed by atoms with Crippen molar-refractivity contribution in [3.8, 4) is 0 Å². The molecule has 2 amide bonds. The molecule has 4 N–H and O–H groups in total. The summed E-state index contributed by atoms with van der Waals surface area (Å²) < 4.78 is 0. The van der Waals surface area contributed by atoms with Gasteiger partial charge >= 0.3 is 0 Å². The zero-order chi connectivity index (χ0) is 9.40. The van der Waals surface area contributed by atoms with Crippen LogP contribution in [-0.2, 0) is 51.7 Å². The molecule has 8 heteroatoms. The van der Waals surface area contributed by atoms with Crippen molar-refractivity contribution in [1.82, 2.24) is 10.6 Å². The SMILES string of the molecule is [NH-]CC(=O)NCCNC(=O)C[NH-].[W].[W]. The van der Waals surface area contributed by atoms with Gasteiger partial charge in [-0.3, -0.25) is 9.59 Å². The van der Waals surface area contributed by atoms with Crippen molar-refractivity contribution < 1.29 is 51.7 Å². The van der Waals surface area contributed by atoms with Crippen LogP contribution in [0.4, 0.5) is 0 Å². The minimum Gasteiger partial charge on any atom is -0.670 e. The quantitative estimate of drug-likeness (QED) is 0.452. The molecule has 0 radical (unpaired) electrons. The van der Waals surface area contributed by atoms with E-state index in [1.165, 1.54) is 0 Å². The molecule has 0 saturated heterocycles. The van der Waals surface area contributed by atoms with Gasteiger partial charge in [0.15, 0.2) is 11.8 Å². The predicted octanol–water partition coefficient (Wildman–Crippen LogP) is -0.682. The van der Waals surface area contributed by atoms with Crippen LogP contribution in [0.15, 0.2) is 0 Å². The van der Waals surface area contributed by atoms with Crippen molar-refractivity contribution in [3.05, 3.63) is 11.5 Å². The van der Waals surface area contributed by atoms with Crippen LogP contribution in [-0.4, -0.2) is 38.0 Å². The monoisotopic (exact) mass is 540 g/mol. The first-order valence-corrected chi connectivity index (χ1v) is 3.53. The predicted molar refractivity (Wildman–Crippen MR) is 44.4 cm³/mol. The normalized spacial score (nSPS) is 7.86. The van der Waals surface area contributed by atoms with Gasteiger partial charge in [0, 0.05) is 55.2 Å². The van der Waals surface area contributed by atoms with Crippen LogP contribution in [0.3, 0.4) is 0 Å². The van der Waals surface area contributed by atoms with Crippen LogP contribution in [0.2, 0.25) is 0 Å². The van der Waals surface area contributed by atoms with Gasteiger partial charge in [0.1, 0.15) is 0 Å². The Morgan fingerprint density at radius 3 is 1.36 bits per heavy atom. The van der Waals surface area contributed by atoms with E-state index in [9.17, 15) is 9.59 Å². The molecular formula is C6H12N4O2W2-2. The first kappa shape index (κ1) is 19.8. The molecule has 0 atom stereocenters. The minimum atomic E-state index is -0.366. The summed E-state index contributed by atoms with van der Waals surface area (Å²) in [6.45, 7) is 0.0195. The molecule has 0 saturated carbocycles. The van der Waals surface area contributed by atoms with Crippen molar-refractivity contribution in [2.45, 2.75) is 0 Å². The van der Waals surface area contributed by atoms with Crippen LogP contribution < -0.4 is 10.6 Å². The van der Waals surface area contributed by atoms with Crippen molar-refractivity contribution in [1.29, 1.82) is 0 Å². The van der Waals surface area contributed by atoms with E-state index in [4.69, 9.17) is 11.5 Å². The molecule has 0 aromatic rings. The van der Waals surface area contributed by atoms with Gasteiger partial charge in [-0.15, -0.1) is 0 Å². The molecule has 0 aliphatic heterocycles. The molecule has 6 nitrogen and oxygen atoms in total. The largest absolute Gasteiger partial charge is 0.670 e. The molecule has 0 rings (SSSR count). The Kier molecular flexibility index (Phi) is 18.7. The fourth-order valence-electron chi connectivity index (χ4n) is 0.529. The fraction of sp³-hybridized carbons (Fsp3) is 0.667. The maximum atomic E-state index is 10.5. The van der Waals surface area contributed by atoms with E-state index in [0.717, 1.165) is 0 Å². The third-order valence-corrected chi connectivity index (χ3v) is 1.09. The first-order valence-electron chi connectivity index (χ1n) is 3.53. The molecule has 0 spiro atoms. The molecule has 0 aromatic carbocycles. The molecule has 0 aromatic heterocycles. The van der Waals surface area contributed by atoms with Crippen molar-refractivity contribution in [2.24, 2.45) is 0 Å². The van der Waals surface area contributed by atoms with Gasteiger partial charge in [-0.25, -0.2) is 0 Å². The Labute approximate surface area is 111 Å². The third-order valence-electron chi connectivity index (χ3n) is 1.09. The van der Waals surface area contributed by atoms with E-state index in [0.29, 0.717) is 13.1 Å². The summed E-state index contributed by atoms with van der Waals surface area (Å²) in [5.74, 6) is -0.731. The van der Waals surface area contributed by atoms with Gasteiger partial charge < -0.3 is 22.1 Å². The van der Waals surface area contributed by atoms with Crippen molar-refractivity contribution >= 4 is 11.8 Å². The first-order chi connectivity index (χ1) is 5.70. The summed E-state index contributed by atoms with van der Waals surface area (Å²) in [5, 5.41) is 4.82. The number of amides is 2. The average Bonchev–Trinajstić information content (AvgIpc) is 2.11. The van der Waals surface area contributed by atoms with Crippen molar-refractivity contribution in [3.63, 3.8) is 0 Å². The van der Waals surface area contributed by atoms with Crippen LogP contribution >= 0.6 is 0 Å². The maximum absolute atomic E-state index is 10.5. The van der Waals surface area contributed by atoms with E-state index < -0.39 is 0 Å². The molecule has 82 valence electrons. The third kappa shape index (κ3) is 12.2.